The number of benzene rings is 1. The van der Waals surface area contributed by atoms with Crippen molar-refractivity contribution < 1.29 is 13.2 Å². The first-order valence-electron chi connectivity index (χ1n) is 8.84. The van der Waals surface area contributed by atoms with Crippen molar-refractivity contribution in [3.8, 4) is 0 Å². The zero-order chi connectivity index (χ0) is 18.6. The molecule has 25 heavy (non-hydrogen) atoms. The lowest BCUT2D eigenvalue weighted by Gasteiger charge is -2.30. The summed E-state index contributed by atoms with van der Waals surface area (Å²) in [6.07, 6.45) is 5.14. The third kappa shape index (κ3) is 4.40. The van der Waals surface area contributed by atoms with Gasteiger partial charge in [-0.05, 0) is 44.0 Å². The first-order valence-corrected chi connectivity index (χ1v) is 10.3. The molecule has 7 heteroatoms. The second-order valence-electron chi connectivity index (χ2n) is 6.84. The number of amides is 1. The summed E-state index contributed by atoms with van der Waals surface area (Å²) in [6.45, 7) is 2.25. The largest absolute Gasteiger partial charge is 0.338 e. The maximum Gasteiger partial charge on any atom is 0.253 e. The van der Waals surface area contributed by atoms with E-state index in [1.807, 2.05) is 6.92 Å². The van der Waals surface area contributed by atoms with Crippen LogP contribution in [0, 0.1) is 0 Å². The standard InChI is InChI=1S/C18H29N3O3S/c1-14(13-19)20(2)18(22)15-9-11-17(12-10-15)25(23,24)21(3)16-7-5-4-6-8-16/h9-12,14,16H,4-8,13,19H2,1-3H3. The van der Waals surface area contributed by atoms with Crippen LogP contribution in [0.25, 0.3) is 0 Å². The average molecular weight is 368 g/mol. The van der Waals surface area contributed by atoms with Crippen molar-refractivity contribution in [3.05, 3.63) is 29.8 Å². The highest BCUT2D eigenvalue weighted by Gasteiger charge is 2.29. The molecule has 1 unspecified atom stereocenters. The van der Waals surface area contributed by atoms with Gasteiger partial charge in [-0.3, -0.25) is 4.79 Å². The summed E-state index contributed by atoms with van der Waals surface area (Å²) in [4.78, 5) is 14.2. The Bertz CT molecular complexity index is 682. The maximum absolute atomic E-state index is 12.8. The molecule has 2 rings (SSSR count). The molecule has 0 aliphatic heterocycles. The van der Waals surface area contributed by atoms with Gasteiger partial charge >= 0.3 is 0 Å². The molecule has 1 atom stereocenters. The molecule has 1 aromatic carbocycles. The number of carbonyl (C=O) groups is 1. The van der Waals surface area contributed by atoms with Crippen LogP contribution < -0.4 is 5.73 Å². The first-order chi connectivity index (χ1) is 11.8. The predicted octanol–water partition coefficient (Wildman–Crippen LogP) is 2.06. The predicted molar refractivity (Wildman–Crippen MR) is 98.9 cm³/mol. The highest BCUT2D eigenvalue weighted by atomic mass is 32.2. The van der Waals surface area contributed by atoms with E-state index < -0.39 is 10.0 Å². The Labute approximate surface area is 151 Å². The highest BCUT2D eigenvalue weighted by Crippen LogP contribution is 2.26. The van der Waals surface area contributed by atoms with Gasteiger partial charge < -0.3 is 10.6 Å². The summed E-state index contributed by atoms with van der Waals surface area (Å²) in [5.74, 6) is -0.164. The van der Waals surface area contributed by atoms with Crippen molar-refractivity contribution in [2.45, 2.75) is 56.0 Å². The van der Waals surface area contributed by atoms with Gasteiger partial charge in [0.1, 0.15) is 0 Å². The number of sulfonamides is 1. The van der Waals surface area contributed by atoms with Gasteiger partial charge in [0.2, 0.25) is 10.0 Å². The summed E-state index contributed by atoms with van der Waals surface area (Å²) in [5, 5.41) is 0. The minimum absolute atomic E-state index is 0.0663. The van der Waals surface area contributed by atoms with Gasteiger partial charge in [0.15, 0.2) is 0 Å². The number of carbonyl (C=O) groups excluding carboxylic acids is 1. The molecule has 1 aliphatic carbocycles. The zero-order valence-corrected chi connectivity index (χ0v) is 16.1. The van der Waals surface area contributed by atoms with E-state index in [1.54, 1.807) is 31.1 Å². The van der Waals surface area contributed by atoms with E-state index in [0.717, 1.165) is 25.7 Å². The van der Waals surface area contributed by atoms with E-state index in [4.69, 9.17) is 5.73 Å². The van der Waals surface area contributed by atoms with Crippen LogP contribution in [0.4, 0.5) is 0 Å². The molecule has 0 spiro atoms. The Hall–Kier alpha value is -1.44. The molecule has 0 saturated heterocycles. The number of nitrogens with zero attached hydrogens (tertiary/aromatic N) is 2. The number of nitrogens with two attached hydrogens (primary N) is 1. The number of hydrogen-bond acceptors (Lipinski definition) is 4. The van der Waals surface area contributed by atoms with Crippen LogP contribution in [0.5, 0.6) is 0 Å². The van der Waals surface area contributed by atoms with Crippen LogP contribution in [0.15, 0.2) is 29.2 Å². The Kier molecular flexibility index (Phi) is 6.59. The van der Waals surface area contributed by atoms with Crippen molar-refractivity contribution in [3.63, 3.8) is 0 Å². The molecule has 6 nitrogen and oxygen atoms in total. The highest BCUT2D eigenvalue weighted by molar-refractivity contribution is 7.89. The van der Waals surface area contributed by atoms with E-state index in [1.165, 1.54) is 22.9 Å². The molecule has 1 saturated carbocycles. The van der Waals surface area contributed by atoms with Gasteiger partial charge in [-0.15, -0.1) is 0 Å². The molecule has 140 valence electrons. The second kappa shape index (κ2) is 8.29. The molecule has 1 fully saturated rings. The summed E-state index contributed by atoms with van der Waals surface area (Å²) in [5.41, 5.74) is 6.06. The lowest BCUT2D eigenvalue weighted by Crippen LogP contribution is -2.39. The van der Waals surface area contributed by atoms with Crippen LogP contribution in [-0.2, 0) is 10.0 Å². The SMILES string of the molecule is CC(CN)N(C)C(=O)c1ccc(S(=O)(=O)N(C)C2CCCCC2)cc1. The summed E-state index contributed by atoms with van der Waals surface area (Å²) < 4.78 is 27.1. The van der Waals surface area contributed by atoms with Gasteiger partial charge in [0, 0.05) is 38.3 Å². The van der Waals surface area contributed by atoms with Gasteiger partial charge in [-0.2, -0.15) is 4.31 Å². The third-order valence-corrected chi connectivity index (χ3v) is 7.11. The number of rotatable bonds is 6. The first kappa shape index (κ1) is 19.9. The smallest absolute Gasteiger partial charge is 0.253 e. The summed E-state index contributed by atoms with van der Waals surface area (Å²) >= 11 is 0. The van der Waals surface area contributed by atoms with Crippen LogP contribution >= 0.6 is 0 Å². The Morgan fingerprint density at radius 3 is 2.24 bits per heavy atom. The fraction of sp³-hybridized carbons (Fsp3) is 0.611. The molecule has 0 heterocycles. The molecular formula is C18H29N3O3S. The van der Waals surface area contributed by atoms with Gasteiger partial charge in [0.25, 0.3) is 5.91 Å². The van der Waals surface area contributed by atoms with Crippen molar-refractivity contribution in [1.29, 1.82) is 0 Å². The van der Waals surface area contributed by atoms with E-state index >= 15 is 0 Å². The Morgan fingerprint density at radius 2 is 1.72 bits per heavy atom. The van der Waals surface area contributed by atoms with Crippen molar-refractivity contribution in [2.75, 3.05) is 20.6 Å². The lowest BCUT2D eigenvalue weighted by molar-refractivity contribution is 0.0748. The van der Waals surface area contributed by atoms with Crippen LogP contribution in [0.3, 0.4) is 0 Å². The Morgan fingerprint density at radius 1 is 1.16 bits per heavy atom. The fourth-order valence-electron chi connectivity index (χ4n) is 3.14. The normalized spacial score (nSPS) is 17.5. The maximum atomic E-state index is 12.8. The van der Waals surface area contributed by atoms with Crippen molar-refractivity contribution >= 4 is 15.9 Å². The molecule has 0 radical (unpaired) electrons. The van der Waals surface area contributed by atoms with E-state index in [9.17, 15) is 13.2 Å². The average Bonchev–Trinajstić information content (AvgIpc) is 2.66. The number of hydrogen-bond donors (Lipinski definition) is 1. The van der Waals surface area contributed by atoms with Gasteiger partial charge in [-0.25, -0.2) is 8.42 Å². The topological polar surface area (TPSA) is 83.7 Å². The van der Waals surface area contributed by atoms with E-state index in [-0.39, 0.29) is 22.9 Å². The van der Waals surface area contributed by atoms with Crippen molar-refractivity contribution in [2.24, 2.45) is 5.73 Å². The molecule has 0 aromatic heterocycles. The van der Waals surface area contributed by atoms with Crippen LogP contribution in [0.2, 0.25) is 0 Å². The molecular weight excluding hydrogens is 338 g/mol. The van der Waals surface area contributed by atoms with Crippen LogP contribution in [-0.4, -0.2) is 56.3 Å². The van der Waals surface area contributed by atoms with Gasteiger partial charge in [-0.1, -0.05) is 19.3 Å². The van der Waals surface area contributed by atoms with Crippen molar-refractivity contribution in [1.82, 2.24) is 9.21 Å². The summed E-state index contributed by atoms with van der Waals surface area (Å²) in [6, 6.07) is 6.17. The summed E-state index contributed by atoms with van der Waals surface area (Å²) in [7, 11) is -0.184. The Balaban J connectivity index is 2.16. The quantitative estimate of drug-likeness (QED) is 0.834. The zero-order valence-electron chi connectivity index (χ0n) is 15.3. The minimum atomic E-state index is -3.53. The second-order valence-corrected chi connectivity index (χ2v) is 8.84. The minimum Gasteiger partial charge on any atom is -0.338 e. The van der Waals surface area contributed by atoms with Crippen LogP contribution in [0.1, 0.15) is 49.4 Å². The molecule has 2 N–H and O–H groups in total. The number of likely N-dealkylation sites (N-methyl/N-ethyl adjacent to an activating group) is 1. The van der Waals surface area contributed by atoms with E-state index in [0.29, 0.717) is 12.1 Å². The van der Waals surface area contributed by atoms with E-state index in [2.05, 4.69) is 0 Å². The third-order valence-electron chi connectivity index (χ3n) is 5.19. The molecule has 1 aliphatic rings. The lowest BCUT2D eigenvalue weighted by atomic mass is 9.96. The monoisotopic (exact) mass is 367 g/mol. The molecule has 1 amide bonds. The fourth-order valence-corrected chi connectivity index (χ4v) is 4.55. The molecule has 1 aromatic rings. The molecule has 0 bridgehead atoms. The van der Waals surface area contributed by atoms with Gasteiger partial charge in [0.05, 0.1) is 4.90 Å².